The Labute approximate surface area is 164 Å². The molecule has 6 heteroatoms. The average molecular weight is 384 g/mol. The van der Waals surface area contributed by atoms with E-state index >= 15 is 0 Å². The second-order valence-corrected chi connectivity index (χ2v) is 7.19. The molecule has 0 saturated carbocycles. The predicted molar refractivity (Wildman–Crippen MR) is 112 cm³/mol. The molecule has 1 aromatic heterocycles. The normalized spacial score (nSPS) is 11.1. The second-order valence-electron chi connectivity index (χ2n) is 6.18. The van der Waals surface area contributed by atoms with Crippen LogP contribution in [-0.4, -0.2) is 49.1 Å². The molecule has 0 bridgehead atoms. The molecule has 142 valence electrons. The van der Waals surface area contributed by atoms with Crippen molar-refractivity contribution in [3.8, 4) is 5.75 Å². The van der Waals surface area contributed by atoms with Gasteiger partial charge in [0.05, 0.1) is 17.3 Å². The molecule has 0 aliphatic carbocycles. The van der Waals surface area contributed by atoms with Crippen LogP contribution >= 0.6 is 11.3 Å². The van der Waals surface area contributed by atoms with Crippen LogP contribution in [0.3, 0.4) is 0 Å². The smallest absolute Gasteiger partial charge is 0.260 e. The van der Waals surface area contributed by atoms with E-state index in [1.807, 2.05) is 48.5 Å². The average Bonchev–Trinajstić information content (AvgIpc) is 3.14. The lowest BCUT2D eigenvalue weighted by molar-refractivity contribution is 0.0984. The van der Waals surface area contributed by atoms with Crippen molar-refractivity contribution in [1.82, 2.24) is 9.88 Å². The van der Waals surface area contributed by atoms with Gasteiger partial charge in [0.1, 0.15) is 5.75 Å². The Morgan fingerprint density at radius 2 is 1.81 bits per heavy atom. The number of aromatic nitrogens is 1. The number of benzene rings is 2. The number of amides is 1. The largest absolute Gasteiger partial charge is 0.497 e. The Kier molecular flexibility index (Phi) is 6.42. The first-order valence-electron chi connectivity index (χ1n) is 9.20. The number of likely N-dealkylation sites (N-methyl/N-ethyl adjacent to an activating group) is 1. The highest BCUT2D eigenvalue weighted by Gasteiger charge is 2.21. The molecule has 0 spiro atoms. The van der Waals surface area contributed by atoms with Crippen molar-refractivity contribution < 1.29 is 9.53 Å². The van der Waals surface area contributed by atoms with Crippen molar-refractivity contribution in [3.63, 3.8) is 0 Å². The lowest BCUT2D eigenvalue weighted by Crippen LogP contribution is -2.38. The summed E-state index contributed by atoms with van der Waals surface area (Å²) in [6, 6.07) is 15.2. The van der Waals surface area contributed by atoms with E-state index in [0.29, 0.717) is 12.1 Å². The van der Waals surface area contributed by atoms with Crippen LogP contribution in [0.25, 0.3) is 10.2 Å². The van der Waals surface area contributed by atoms with E-state index in [9.17, 15) is 4.79 Å². The van der Waals surface area contributed by atoms with Gasteiger partial charge < -0.3 is 9.64 Å². The summed E-state index contributed by atoms with van der Waals surface area (Å²) in [5, 5.41) is 0.722. The summed E-state index contributed by atoms with van der Waals surface area (Å²) in [6.45, 7) is 7.60. The Balaban J connectivity index is 1.94. The molecule has 2 aromatic carbocycles. The monoisotopic (exact) mass is 383 g/mol. The fourth-order valence-electron chi connectivity index (χ4n) is 2.94. The Morgan fingerprint density at radius 3 is 2.48 bits per heavy atom. The number of anilines is 1. The SMILES string of the molecule is CCN(CC)CCN(C(=O)c1ccccc1)c1nc2ccc(OC)cc2s1. The third-order valence-electron chi connectivity index (χ3n) is 4.62. The maximum absolute atomic E-state index is 13.2. The minimum Gasteiger partial charge on any atom is -0.497 e. The standard InChI is InChI=1S/C21H25N3O2S/c1-4-23(5-2)13-14-24(20(25)16-9-7-6-8-10-16)21-22-18-12-11-17(26-3)15-19(18)27-21/h6-12,15H,4-5,13-14H2,1-3H3. The van der Waals surface area contributed by atoms with Crippen LogP contribution in [0.4, 0.5) is 5.13 Å². The van der Waals surface area contributed by atoms with Gasteiger partial charge in [-0.25, -0.2) is 4.98 Å². The molecule has 27 heavy (non-hydrogen) atoms. The van der Waals surface area contributed by atoms with Gasteiger partial charge in [-0.05, 0) is 43.4 Å². The molecular weight excluding hydrogens is 358 g/mol. The predicted octanol–water partition coefficient (Wildman–Crippen LogP) is 4.29. The van der Waals surface area contributed by atoms with Crippen LogP contribution in [0, 0.1) is 0 Å². The van der Waals surface area contributed by atoms with E-state index in [-0.39, 0.29) is 5.91 Å². The van der Waals surface area contributed by atoms with Gasteiger partial charge >= 0.3 is 0 Å². The summed E-state index contributed by atoms with van der Waals surface area (Å²) in [7, 11) is 1.65. The number of carbonyl (C=O) groups excluding carboxylic acids is 1. The lowest BCUT2D eigenvalue weighted by Gasteiger charge is -2.24. The summed E-state index contributed by atoms with van der Waals surface area (Å²) in [4.78, 5) is 22.0. The zero-order valence-corrected chi connectivity index (χ0v) is 16.8. The van der Waals surface area contributed by atoms with Crippen LogP contribution < -0.4 is 9.64 Å². The topological polar surface area (TPSA) is 45.7 Å². The first kappa shape index (κ1) is 19.3. The molecule has 0 unspecified atom stereocenters. The number of ether oxygens (including phenoxy) is 1. The van der Waals surface area contributed by atoms with Gasteiger partial charge in [-0.15, -0.1) is 0 Å². The summed E-state index contributed by atoms with van der Waals surface area (Å²) in [5.74, 6) is 0.774. The molecule has 0 fully saturated rings. The Bertz CT molecular complexity index is 891. The number of fused-ring (bicyclic) bond motifs is 1. The van der Waals surface area contributed by atoms with Gasteiger partial charge in [-0.3, -0.25) is 9.69 Å². The van der Waals surface area contributed by atoms with Crippen molar-refractivity contribution >= 4 is 32.6 Å². The molecule has 0 N–H and O–H groups in total. The molecule has 0 saturated heterocycles. The number of carbonyl (C=O) groups is 1. The number of thiazole rings is 1. The molecule has 5 nitrogen and oxygen atoms in total. The van der Waals surface area contributed by atoms with Crippen LogP contribution in [0.1, 0.15) is 24.2 Å². The maximum atomic E-state index is 13.2. The number of hydrogen-bond acceptors (Lipinski definition) is 5. The maximum Gasteiger partial charge on any atom is 0.260 e. The van der Waals surface area contributed by atoms with Crippen LogP contribution in [-0.2, 0) is 0 Å². The van der Waals surface area contributed by atoms with Crippen LogP contribution in [0.2, 0.25) is 0 Å². The van der Waals surface area contributed by atoms with E-state index < -0.39 is 0 Å². The summed E-state index contributed by atoms with van der Waals surface area (Å²) in [6.07, 6.45) is 0. The molecule has 0 aliphatic heterocycles. The van der Waals surface area contributed by atoms with Gasteiger partial charge in [0.15, 0.2) is 5.13 Å². The van der Waals surface area contributed by atoms with Crippen molar-refractivity contribution in [3.05, 3.63) is 54.1 Å². The number of methoxy groups -OCH3 is 1. The molecular formula is C21H25N3O2S. The molecule has 0 atom stereocenters. The Morgan fingerprint density at radius 1 is 1.07 bits per heavy atom. The van der Waals surface area contributed by atoms with E-state index in [1.165, 1.54) is 11.3 Å². The minimum absolute atomic E-state index is 0.0197. The fraction of sp³-hybridized carbons (Fsp3) is 0.333. The zero-order chi connectivity index (χ0) is 19.2. The van der Waals surface area contributed by atoms with Crippen molar-refractivity contribution in [2.24, 2.45) is 0 Å². The third-order valence-corrected chi connectivity index (χ3v) is 5.66. The van der Waals surface area contributed by atoms with E-state index in [4.69, 9.17) is 9.72 Å². The van der Waals surface area contributed by atoms with Crippen LogP contribution in [0.5, 0.6) is 5.75 Å². The highest BCUT2D eigenvalue weighted by Crippen LogP contribution is 2.32. The molecule has 3 aromatic rings. The third kappa shape index (κ3) is 4.46. The quantitative estimate of drug-likeness (QED) is 0.582. The van der Waals surface area contributed by atoms with Gasteiger partial charge in [-0.2, -0.15) is 0 Å². The van der Waals surface area contributed by atoms with Gasteiger partial charge in [0, 0.05) is 18.7 Å². The first-order valence-corrected chi connectivity index (χ1v) is 10.0. The highest BCUT2D eigenvalue weighted by molar-refractivity contribution is 7.22. The van der Waals surface area contributed by atoms with E-state index in [1.54, 1.807) is 12.0 Å². The van der Waals surface area contributed by atoms with Gasteiger partial charge in [0.25, 0.3) is 5.91 Å². The number of rotatable bonds is 8. The van der Waals surface area contributed by atoms with Gasteiger partial charge in [0.2, 0.25) is 0 Å². The molecule has 0 aliphatic rings. The number of hydrogen-bond donors (Lipinski definition) is 0. The summed E-state index contributed by atoms with van der Waals surface area (Å²) in [5.41, 5.74) is 1.55. The highest BCUT2D eigenvalue weighted by atomic mass is 32.1. The fourth-order valence-corrected chi connectivity index (χ4v) is 3.96. The van der Waals surface area contributed by atoms with Crippen molar-refractivity contribution in [2.75, 3.05) is 38.2 Å². The summed E-state index contributed by atoms with van der Waals surface area (Å²) < 4.78 is 6.32. The summed E-state index contributed by atoms with van der Waals surface area (Å²) >= 11 is 1.52. The molecule has 3 rings (SSSR count). The first-order chi connectivity index (χ1) is 13.2. The minimum atomic E-state index is -0.0197. The van der Waals surface area contributed by atoms with Gasteiger partial charge in [-0.1, -0.05) is 43.4 Å². The van der Waals surface area contributed by atoms with E-state index in [0.717, 1.165) is 40.7 Å². The second kappa shape index (κ2) is 8.97. The molecule has 1 amide bonds. The van der Waals surface area contributed by atoms with Crippen molar-refractivity contribution in [2.45, 2.75) is 13.8 Å². The van der Waals surface area contributed by atoms with E-state index in [2.05, 4.69) is 18.7 Å². The van der Waals surface area contributed by atoms with Crippen molar-refractivity contribution in [1.29, 1.82) is 0 Å². The molecule has 0 radical (unpaired) electrons. The van der Waals surface area contributed by atoms with Crippen LogP contribution in [0.15, 0.2) is 48.5 Å². The number of nitrogens with zero attached hydrogens (tertiary/aromatic N) is 3. The Hall–Kier alpha value is -2.44. The molecule has 1 heterocycles. The lowest BCUT2D eigenvalue weighted by atomic mass is 10.2. The zero-order valence-electron chi connectivity index (χ0n) is 16.0.